The molecule has 27 heavy (non-hydrogen) atoms. The molecule has 5 heteroatoms. The lowest BCUT2D eigenvalue weighted by molar-refractivity contribution is -0.121. The lowest BCUT2D eigenvalue weighted by atomic mass is 10.0. The van der Waals surface area contributed by atoms with Crippen LogP contribution in [0.5, 0.6) is 11.5 Å². The first-order chi connectivity index (χ1) is 13.2. The predicted molar refractivity (Wildman–Crippen MR) is 104 cm³/mol. The lowest BCUT2D eigenvalue weighted by Gasteiger charge is -2.11. The molecule has 0 bridgehead atoms. The second-order valence-corrected chi connectivity index (χ2v) is 6.61. The van der Waals surface area contributed by atoms with Crippen molar-refractivity contribution in [1.29, 1.82) is 0 Å². The number of amides is 1. The molecular weight excluding hydrogens is 342 g/mol. The summed E-state index contributed by atoms with van der Waals surface area (Å²) in [7, 11) is 1.59. The summed E-state index contributed by atoms with van der Waals surface area (Å²) in [5.74, 6) is 1.17. The molecule has 3 rings (SSSR count). The van der Waals surface area contributed by atoms with E-state index in [0.717, 1.165) is 19.3 Å². The molecule has 0 aliphatic heterocycles. The standard InChI is InChI=1S/C22H25NO4/c1-26-20-7-2-3-8-21(20)27-14-13-23-22(25)12-11-19(24)18-10-9-16-5-4-6-17(16)15-18/h2-3,7-10,15H,4-6,11-14H2,1H3,(H,23,25). The quantitative estimate of drug-likeness (QED) is 0.545. The Hall–Kier alpha value is -2.82. The molecule has 0 heterocycles. The van der Waals surface area contributed by atoms with Crippen LogP contribution in [-0.4, -0.2) is 32.0 Å². The first-order valence-electron chi connectivity index (χ1n) is 9.35. The lowest BCUT2D eigenvalue weighted by Crippen LogP contribution is -2.28. The number of fused-ring (bicyclic) bond motifs is 1. The number of methoxy groups -OCH3 is 1. The van der Waals surface area contributed by atoms with Crippen LogP contribution in [0.2, 0.25) is 0 Å². The summed E-state index contributed by atoms with van der Waals surface area (Å²) in [4.78, 5) is 24.3. The summed E-state index contributed by atoms with van der Waals surface area (Å²) >= 11 is 0. The van der Waals surface area contributed by atoms with Crippen molar-refractivity contribution >= 4 is 11.7 Å². The molecule has 2 aromatic carbocycles. The SMILES string of the molecule is COc1ccccc1OCCNC(=O)CCC(=O)c1ccc2c(c1)CCC2. The maximum Gasteiger partial charge on any atom is 0.220 e. The van der Waals surface area contributed by atoms with Crippen molar-refractivity contribution in [2.45, 2.75) is 32.1 Å². The van der Waals surface area contributed by atoms with Crippen LogP contribution in [0.15, 0.2) is 42.5 Å². The number of hydrogen-bond acceptors (Lipinski definition) is 4. The number of hydrogen-bond donors (Lipinski definition) is 1. The Morgan fingerprint density at radius 3 is 2.59 bits per heavy atom. The highest BCUT2D eigenvalue weighted by atomic mass is 16.5. The van der Waals surface area contributed by atoms with E-state index in [-0.39, 0.29) is 24.5 Å². The van der Waals surface area contributed by atoms with Crippen molar-refractivity contribution in [1.82, 2.24) is 5.32 Å². The number of ketones is 1. The van der Waals surface area contributed by atoms with Gasteiger partial charge in [-0.1, -0.05) is 24.3 Å². The average molecular weight is 367 g/mol. The largest absolute Gasteiger partial charge is 0.493 e. The Morgan fingerprint density at radius 1 is 1.00 bits per heavy atom. The van der Waals surface area contributed by atoms with E-state index in [0.29, 0.717) is 30.2 Å². The van der Waals surface area contributed by atoms with Crippen LogP contribution in [0.1, 0.15) is 40.7 Å². The van der Waals surface area contributed by atoms with Gasteiger partial charge in [0.1, 0.15) is 6.61 Å². The number of rotatable bonds is 9. The van der Waals surface area contributed by atoms with Crippen molar-refractivity contribution in [3.8, 4) is 11.5 Å². The highest BCUT2D eigenvalue weighted by Crippen LogP contribution is 2.25. The smallest absolute Gasteiger partial charge is 0.220 e. The molecule has 0 fully saturated rings. The Bertz CT molecular complexity index is 816. The second kappa shape index (κ2) is 9.21. The molecule has 0 atom stereocenters. The summed E-state index contributed by atoms with van der Waals surface area (Å²) in [5, 5.41) is 2.78. The Kier molecular flexibility index (Phi) is 6.47. The van der Waals surface area contributed by atoms with Gasteiger partial charge < -0.3 is 14.8 Å². The van der Waals surface area contributed by atoms with Gasteiger partial charge in [0, 0.05) is 18.4 Å². The minimum Gasteiger partial charge on any atom is -0.493 e. The number of aryl methyl sites for hydroxylation is 2. The van der Waals surface area contributed by atoms with E-state index in [1.807, 2.05) is 42.5 Å². The van der Waals surface area contributed by atoms with Crippen molar-refractivity contribution in [2.24, 2.45) is 0 Å². The molecular formula is C22H25NO4. The number of para-hydroxylation sites is 2. The van der Waals surface area contributed by atoms with E-state index in [9.17, 15) is 9.59 Å². The summed E-state index contributed by atoms with van der Waals surface area (Å²) in [6.45, 7) is 0.717. The monoisotopic (exact) mass is 367 g/mol. The summed E-state index contributed by atoms with van der Waals surface area (Å²) in [6, 6.07) is 13.3. The van der Waals surface area contributed by atoms with Gasteiger partial charge in [0.2, 0.25) is 5.91 Å². The molecule has 5 nitrogen and oxygen atoms in total. The molecule has 1 amide bonds. The number of benzene rings is 2. The minimum absolute atomic E-state index is 0.0186. The van der Waals surface area contributed by atoms with Gasteiger partial charge in [0.05, 0.1) is 13.7 Å². The fourth-order valence-electron chi connectivity index (χ4n) is 3.29. The molecule has 0 unspecified atom stereocenters. The van der Waals surface area contributed by atoms with Gasteiger partial charge >= 0.3 is 0 Å². The zero-order chi connectivity index (χ0) is 19.1. The van der Waals surface area contributed by atoms with Gasteiger partial charge in [-0.15, -0.1) is 0 Å². The molecule has 1 N–H and O–H groups in total. The number of nitrogens with one attached hydrogen (secondary N) is 1. The molecule has 0 aromatic heterocycles. The van der Waals surface area contributed by atoms with Crippen molar-refractivity contribution < 1.29 is 19.1 Å². The predicted octanol–water partition coefficient (Wildman–Crippen LogP) is 3.34. The van der Waals surface area contributed by atoms with E-state index in [4.69, 9.17) is 9.47 Å². The molecule has 0 spiro atoms. The number of ether oxygens (including phenoxy) is 2. The van der Waals surface area contributed by atoms with Crippen molar-refractivity contribution in [3.63, 3.8) is 0 Å². The first-order valence-corrected chi connectivity index (χ1v) is 9.35. The van der Waals surface area contributed by atoms with Crippen LogP contribution >= 0.6 is 0 Å². The first kappa shape index (κ1) is 19.0. The normalized spacial score (nSPS) is 12.3. The molecule has 1 aliphatic carbocycles. The maximum atomic E-state index is 12.3. The second-order valence-electron chi connectivity index (χ2n) is 6.61. The topological polar surface area (TPSA) is 64.6 Å². The third kappa shape index (κ3) is 5.09. The zero-order valence-corrected chi connectivity index (χ0v) is 15.6. The Labute approximate surface area is 159 Å². The fraction of sp³-hybridized carbons (Fsp3) is 0.364. The van der Waals surface area contributed by atoms with Crippen LogP contribution in [-0.2, 0) is 17.6 Å². The van der Waals surface area contributed by atoms with Crippen LogP contribution in [0.25, 0.3) is 0 Å². The summed E-state index contributed by atoms with van der Waals surface area (Å²) in [6.07, 6.45) is 3.71. The zero-order valence-electron chi connectivity index (χ0n) is 15.6. The van der Waals surface area contributed by atoms with E-state index in [1.165, 1.54) is 11.1 Å². The van der Waals surface area contributed by atoms with Crippen LogP contribution in [0, 0.1) is 0 Å². The molecule has 142 valence electrons. The molecule has 0 saturated carbocycles. The van der Waals surface area contributed by atoms with Crippen molar-refractivity contribution in [3.05, 3.63) is 59.2 Å². The fourth-order valence-corrected chi connectivity index (χ4v) is 3.29. The van der Waals surface area contributed by atoms with E-state index in [2.05, 4.69) is 5.32 Å². The van der Waals surface area contributed by atoms with Gasteiger partial charge in [0.15, 0.2) is 17.3 Å². The summed E-state index contributed by atoms with van der Waals surface area (Å²) < 4.78 is 10.8. The van der Waals surface area contributed by atoms with Gasteiger partial charge in [0.25, 0.3) is 0 Å². The van der Waals surface area contributed by atoms with Crippen LogP contribution < -0.4 is 14.8 Å². The van der Waals surface area contributed by atoms with Gasteiger partial charge in [-0.2, -0.15) is 0 Å². The molecule has 0 saturated heterocycles. The number of Topliss-reactive ketones (excluding diaryl/α,β-unsaturated/α-hetero) is 1. The Morgan fingerprint density at radius 2 is 1.78 bits per heavy atom. The van der Waals surface area contributed by atoms with E-state index < -0.39 is 0 Å². The van der Waals surface area contributed by atoms with Crippen molar-refractivity contribution in [2.75, 3.05) is 20.3 Å². The van der Waals surface area contributed by atoms with E-state index >= 15 is 0 Å². The van der Waals surface area contributed by atoms with Crippen LogP contribution in [0.4, 0.5) is 0 Å². The van der Waals surface area contributed by atoms with Gasteiger partial charge in [-0.3, -0.25) is 9.59 Å². The highest BCUT2D eigenvalue weighted by molar-refractivity contribution is 5.98. The maximum absolute atomic E-state index is 12.3. The molecule has 2 aromatic rings. The third-order valence-corrected chi connectivity index (χ3v) is 4.75. The number of carbonyl (C=O) groups is 2. The molecule has 0 radical (unpaired) electrons. The third-order valence-electron chi connectivity index (χ3n) is 4.75. The highest BCUT2D eigenvalue weighted by Gasteiger charge is 2.14. The minimum atomic E-state index is -0.145. The van der Waals surface area contributed by atoms with E-state index in [1.54, 1.807) is 7.11 Å². The van der Waals surface area contributed by atoms with Gasteiger partial charge in [-0.25, -0.2) is 0 Å². The molecule has 1 aliphatic rings. The van der Waals surface area contributed by atoms with Crippen LogP contribution in [0.3, 0.4) is 0 Å². The van der Waals surface area contributed by atoms with Gasteiger partial charge in [-0.05, 0) is 48.6 Å². The average Bonchev–Trinajstić information content (AvgIpc) is 3.17. The Balaban J connectivity index is 1.37. The summed E-state index contributed by atoms with van der Waals surface area (Å²) in [5.41, 5.74) is 3.33. The number of carbonyl (C=O) groups excluding carboxylic acids is 2.